The minimum absolute atomic E-state index is 0.0766. The highest BCUT2D eigenvalue weighted by atomic mass is 16.5. The predicted molar refractivity (Wildman–Crippen MR) is 35.3 cm³/mol. The van der Waals surface area contributed by atoms with Crippen molar-refractivity contribution >= 4 is 5.97 Å². The molecule has 0 spiro atoms. The van der Waals surface area contributed by atoms with Gasteiger partial charge in [0.05, 0.1) is 18.6 Å². The van der Waals surface area contributed by atoms with Crippen LogP contribution in [-0.2, 0) is 9.53 Å². The second kappa shape index (κ2) is 2.58. The smallest absolute Gasteiger partial charge is 0.311 e. The number of cyclic esters (lactones) is 1. The molecule has 0 aromatic carbocycles. The van der Waals surface area contributed by atoms with Gasteiger partial charge < -0.3 is 9.84 Å². The summed E-state index contributed by atoms with van der Waals surface area (Å²) in [5.41, 5.74) is 0. The molecule has 3 heteroatoms. The number of carbonyl (C=O) groups is 1. The number of esters is 1. The van der Waals surface area contributed by atoms with Crippen molar-refractivity contribution in [2.24, 2.45) is 11.8 Å². The third-order valence-electron chi connectivity index (χ3n) is 1.96. The Labute approximate surface area is 60.0 Å². The third kappa shape index (κ3) is 1.14. The van der Waals surface area contributed by atoms with Crippen molar-refractivity contribution in [1.29, 1.82) is 0 Å². The minimum atomic E-state index is -0.527. The number of carbonyl (C=O) groups excluding carboxylic acids is 1. The molecule has 0 aromatic rings. The Morgan fingerprint density at radius 1 is 1.60 bits per heavy atom. The number of aliphatic hydroxyl groups excluding tert-OH is 1. The van der Waals surface area contributed by atoms with Crippen LogP contribution >= 0.6 is 0 Å². The maximum Gasteiger partial charge on any atom is 0.311 e. The Balaban J connectivity index is 2.60. The number of ether oxygens (including phenoxy) is 1. The largest absolute Gasteiger partial charge is 0.465 e. The molecule has 0 unspecified atom stereocenters. The van der Waals surface area contributed by atoms with Gasteiger partial charge in [-0.15, -0.1) is 0 Å². The zero-order valence-electron chi connectivity index (χ0n) is 6.20. The molecular weight excluding hydrogens is 132 g/mol. The van der Waals surface area contributed by atoms with E-state index < -0.39 is 6.10 Å². The molecule has 3 nitrogen and oxygen atoms in total. The molecule has 10 heavy (non-hydrogen) atoms. The second-order valence-corrected chi connectivity index (χ2v) is 2.89. The van der Waals surface area contributed by atoms with E-state index in [9.17, 15) is 9.90 Å². The van der Waals surface area contributed by atoms with Gasteiger partial charge in [0, 0.05) is 5.92 Å². The first-order chi connectivity index (χ1) is 4.63. The highest BCUT2D eigenvalue weighted by molar-refractivity contribution is 5.73. The van der Waals surface area contributed by atoms with E-state index in [-0.39, 0.29) is 17.8 Å². The van der Waals surface area contributed by atoms with Gasteiger partial charge in [-0.3, -0.25) is 4.79 Å². The molecule has 1 fully saturated rings. The Morgan fingerprint density at radius 3 is 2.70 bits per heavy atom. The fourth-order valence-corrected chi connectivity index (χ4v) is 1.08. The number of hydrogen-bond donors (Lipinski definition) is 1. The molecule has 1 N–H and O–H groups in total. The van der Waals surface area contributed by atoms with E-state index in [0.29, 0.717) is 6.61 Å². The Hall–Kier alpha value is -0.570. The van der Waals surface area contributed by atoms with Gasteiger partial charge in [0.2, 0.25) is 0 Å². The summed E-state index contributed by atoms with van der Waals surface area (Å²) in [4.78, 5) is 10.8. The van der Waals surface area contributed by atoms with Crippen LogP contribution in [0, 0.1) is 11.8 Å². The van der Waals surface area contributed by atoms with Crippen LogP contribution in [-0.4, -0.2) is 23.8 Å². The van der Waals surface area contributed by atoms with Crippen LogP contribution in [0.25, 0.3) is 0 Å². The minimum Gasteiger partial charge on any atom is -0.465 e. The first-order valence-electron chi connectivity index (χ1n) is 3.47. The van der Waals surface area contributed by atoms with E-state index in [0.717, 1.165) is 0 Å². The second-order valence-electron chi connectivity index (χ2n) is 2.89. The van der Waals surface area contributed by atoms with Crippen molar-refractivity contribution in [2.75, 3.05) is 6.61 Å². The van der Waals surface area contributed by atoms with Crippen molar-refractivity contribution < 1.29 is 14.6 Å². The lowest BCUT2D eigenvalue weighted by atomic mass is 9.92. The van der Waals surface area contributed by atoms with Gasteiger partial charge in [0.1, 0.15) is 0 Å². The molecule has 0 aliphatic carbocycles. The summed E-state index contributed by atoms with van der Waals surface area (Å²) >= 11 is 0. The van der Waals surface area contributed by atoms with E-state index in [2.05, 4.69) is 0 Å². The Morgan fingerprint density at radius 2 is 2.20 bits per heavy atom. The van der Waals surface area contributed by atoms with E-state index in [1.165, 1.54) is 0 Å². The van der Waals surface area contributed by atoms with Crippen molar-refractivity contribution in [3.63, 3.8) is 0 Å². The van der Waals surface area contributed by atoms with Crippen LogP contribution in [0.2, 0.25) is 0 Å². The van der Waals surface area contributed by atoms with E-state index in [1.54, 1.807) is 6.92 Å². The molecule has 1 aliphatic rings. The van der Waals surface area contributed by atoms with Gasteiger partial charge in [0.15, 0.2) is 0 Å². The molecule has 1 heterocycles. The summed E-state index contributed by atoms with van der Waals surface area (Å²) in [6, 6.07) is 0. The van der Waals surface area contributed by atoms with Crippen molar-refractivity contribution in [2.45, 2.75) is 20.0 Å². The Bertz CT molecular complexity index is 144. The lowest BCUT2D eigenvalue weighted by Crippen LogP contribution is -2.40. The lowest BCUT2D eigenvalue weighted by molar-refractivity contribution is -0.164. The summed E-state index contributed by atoms with van der Waals surface area (Å²) < 4.78 is 4.77. The van der Waals surface area contributed by atoms with E-state index in [4.69, 9.17) is 4.74 Å². The van der Waals surface area contributed by atoms with E-state index in [1.807, 2.05) is 6.92 Å². The zero-order valence-corrected chi connectivity index (χ0v) is 6.20. The Kier molecular flexibility index (Phi) is 1.94. The van der Waals surface area contributed by atoms with Crippen LogP contribution in [0.1, 0.15) is 13.8 Å². The highest BCUT2D eigenvalue weighted by Crippen LogP contribution is 2.20. The number of hydrogen-bond acceptors (Lipinski definition) is 3. The molecule has 3 atom stereocenters. The topological polar surface area (TPSA) is 46.5 Å². The zero-order chi connectivity index (χ0) is 7.72. The highest BCUT2D eigenvalue weighted by Gasteiger charge is 2.33. The molecule has 1 aliphatic heterocycles. The van der Waals surface area contributed by atoms with Gasteiger partial charge in [-0.25, -0.2) is 0 Å². The molecule has 0 amide bonds. The van der Waals surface area contributed by atoms with Crippen molar-refractivity contribution in [3.05, 3.63) is 0 Å². The molecule has 1 rings (SSSR count). The predicted octanol–water partition coefficient (Wildman–Crippen LogP) is 0.176. The summed E-state index contributed by atoms with van der Waals surface area (Å²) in [6.07, 6.45) is -0.527. The summed E-state index contributed by atoms with van der Waals surface area (Å²) in [7, 11) is 0. The molecular formula is C7H12O3. The number of rotatable bonds is 0. The fraction of sp³-hybridized carbons (Fsp3) is 0.857. The molecule has 1 saturated heterocycles. The number of aliphatic hydroxyl groups is 1. The quantitative estimate of drug-likeness (QED) is 0.493. The van der Waals surface area contributed by atoms with Gasteiger partial charge in [-0.2, -0.15) is 0 Å². The van der Waals surface area contributed by atoms with Gasteiger partial charge >= 0.3 is 5.97 Å². The molecule has 0 bridgehead atoms. The maximum atomic E-state index is 10.8. The van der Waals surface area contributed by atoms with Crippen molar-refractivity contribution in [1.82, 2.24) is 0 Å². The SMILES string of the molecule is C[C@@H]1COC(=O)[C@H](C)[C@H]1O. The van der Waals surface area contributed by atoms with Crippen LogP contribution < -0.4 is 0 Å². The maximum absolute atomic E-state index is 10.8. The van der Waals surface area contributed by atoms with Gasteiger partial charge in [-0.1, -0.05) is 6.92 Å². The van der Waals surface area contributed by atoms with E-state index >= 15 is 0 Å². The monoisotopic (exact) mass is 144 g/mol. The lowest BCUT2D eigenvalue weighted by Gasteiger charge is -2.28. The average molecular weight is 144 g/mol. The third-order valence-corrected chi connectivity index (χ3v) is 1.96. The van der Waals surface area contributed by atoms with Crippen LogP contribution in [0.15, 0.2) is 0 Å². The van der Waals surface area contributed by atoms with Crippen LogP contribution in [0.4, 0.5) is 0 Å². The normalized spacial score (nSPS) is 41.1. The molecule has 0 radical (unpaired) electrons. The van der Waals surface area contributed by atoms with Gasteiger partial charge in [-0.05, 0) is 6.92 Å². The first kappa shape index (κ1) is 7.54. The van der Waals surface area contributed by atoms with Crippen molar-refractivity contribution in [3.8, 4) is 0 Å². The van der Waals surface area contributed by atoms with Gasteiger partial charge in [0.25, 0.3) is 0 Å². The summed E-state index contributed by atoms with van der Waals surface area (Å²) in [5.74, 6) is -0.568. The first-order valence-corrected chi connectivity index (χ1v) is 3.47. The summed E-state index contributed by atoms with van der Waals surface area (Å²) in [6.45, 7) is 3.90. The summed E-state index contributed by atoms with van der Waals surface area (Å²) in [5, 5.41) is 9.32. The molecule has 0 saturated carbocycles. The standard InChI is InChI=1S/C7H12O3/c1-4-3-10-7(9)5(2)6(4)8/h4-6,8H,3H2,1-2H3/t4-,5-,6+/m1/s1. The molecule has 58 valence electrons. The average Bonchev–Trinajstić information content (AvgIpc) is 1.93. The molecule has 0 aromatic heterocycles. The fourth-order valence-electron chi connectivity index (χ4n) is 1.08. The van der Waals surface area contributed by atoms with Crippen LogP contribution in [0.5, 0.6) is 0 Å². The van der Waals surface area contributed by atoms with Crippen LogP contribution in [0.3, 0.4) is 0 Å².